The van der Waals surface area contributed by atoms with Gasteiger partial charge in [0.15, 0.2) is 0 Å². The molecule has 0 saturated heterocycles. The van der Waals surface area contributed by atoms with Crippen molar-refractivity contribution in [1.29, 1.82) is 0 Å². The minimum Gasteiger partial charge on any atom is -0.393 e. The molecule has 2 N–H and O–H groups in total. The summed E-state index contributed by atoms with van der Waals surface area (Å²) < 4.78 is 0. The van der Waals surface area contributed by atoms with Gasteiger partial charge in [-0.15, -0.1) is 0 Å². The first-order chi connectivity index (χ1) is 17.0. The van der Waals surface area contributed by atoms with Crippen molar-refractivity contribution in [3.05, 3.63) is 41.0 Å². The molecule has 3 fully saturated rings. The smallest absolute Gasteiger partial charge is 0.0568 e. The first-order valence-corrected chi connectivity index (χ1v) is 15.3. The van der Waals surface area contributed by atoms with Crippen LogP contribution in [0, 0.1) is 17.3 Å². The molecule has 35 heavy (non-hydrogen) atoms. The fourth-order valence-corrected chi connectivity index (χ4v) is 7.77. The average molecular weight is 480 g/mol. The van der Waals surface area contributed by atoms with Crippen LogP contribution in [0.1, 0.15) is 128 Å². The predicted octanol–water partition coefficient (Wildman–Crippen LogP) is 8.47. The summed E-state index contributed by atoms with van der Waals surface area (Å²) in [6.45, 7) is 7.16. The standard InChI is InChI=1S/C33H53NO/c1-4-5-6-7-8-10-15-26-16-13-14-17-27(26)24-28-20-21-30-25(2)31(35)22-23-33(30,3)32(28)34-29-18-11-9-12-19-29/h13-14,16-17,24-25,29-32,34-35H,4-12,15,18-23H2,1-3H3/b28-24+/t25?,30?,31?,32?,33-/m0/s1. The Balaban J connectivity index is 1.55. The van der Waals surface area contributed by atoms with E-state index in [9.17, 15) is 5.11 Å². The number of benzene rings is 1. The van der Waals surface area contributed by atoms with E-state index in [4.69, 9.17) is 0 Å². The lowest BCUT2D eigenvalue weighted by Crippen LogP contribution is -2.59. The Hall–Kier alpha value is -1.12. The van der Waals surface area contributed by atoms with Gasteiger partial charge in [-0.05, 0) is 79.7 Å². The van der Waals surface area contributed by atoms with Crippen molar-refractivity contribution in [3.8, 4) is 0 Å². The van der Waals surface area contributed by atoms with Crippen LogP contribution in [0.2, 0.25) is 0 Å². The topological polar surface area (TPSA) is 32.3 Å². The molecule has 1 aromatic rings. The number of aliphatic hydroxyl groups excluding tert-OH is 1. The monoisotopic (exact) mass is 479 g/mol. The van der Waals surface area contributed by atoms with Crippen LogP contribution < -0.4 is 5.32 Å². The second kappa shape index (κ2) is 12.9. The quantitative estimate of drug-likeness (QED) is 0.330. The van der Waals surface area contributed by atoms with Crippen molar-refractivity contribution in [3.63, 3.8) is 0 Å². The molecule has 0 aromatic heterocycles. The highest BCUT2D eigenvalue weighted by molar-refractivity contribution is 5.58. The van der Waals surface area contributed by atoms with Gasteiger partial charge in [0.2, 0.25) is 0 Å². The summed E-state index contributed by atoms with van der Waals surface area (Å²) in [4.78, 5) is 0. The molecule has 0 radical (unpaired) electrons. The van der Waals surface area contributed by atoms with Crippen molar-refractivity contribution in [2.24, 2.45) is 17.3 Å². The summed E-state index contributed by atoms with van der Waals surface area (Å²) in [7, 11) is 0. The Morgan fingerprint density at radius 1 is 0.971 bits per heavy atom. The molecule has 3 aliphatic rings. The second-order valence-electron chi connectivity index (χ2n) is 12.5. The van der Waals surface area contributed by atoms with Gasteiger partial charge in [0.05, 0.1) is 6.10 Å². The van der Waals surface area contributed by atoms with Gasteiger partial charge in [-0.25, -0.2) is 0 Å². The zero-order valence-corrected chi connectivity index (χ0v) is 23.0. The highest BCUT2D eigenvalue weighted by Gasteiger charge is 2.52. The molecule has 3 aliphatic carbocycles. The largest absolute Gasteiger partial charge is 0.393 e. The van der Waals surface area contributed by atoms with Gasteiger partial charge in [-0.1, -0.05) is 108 Å². The molecule has 0 amide bonds. The molecule has 3 saturated carbocycles. The summed E-state index contributed by atoms with van der Waals surface area (Å²) in [5, 5.41) is 14.9. The predicted molar refractivity (Wildman–Crippen MR) is 151 cm³/mol. The molecular weight excluding hydrogens is 426 g/mol. The third kappa shape index (κ3) is 6.61. The fourth-order valence-electron chi connectivity index (χ4n) is 7.77. The fraction of sp³-hybridized carbons (Fsp3) is 0.758. The minimum atomic E-state index is -0.119. The molecule has 196 valence electrons. The highest BCUT2D eigenvalue weighted by Crippen LogP contribution is 2.54. The van der Waals surface area contributed by atoms with Gasteiger partial charge in [-0.2, -0.15) is 0 Å². The Morgan fingerprint density at radius 2 is 1.71 bits per heavy atom. The van der Waals surface area contributed by atoms with E-state index in [0.717, 1.165) is 12.8 Å². The summed E-state index contributed by atoms with van der Waals surface area (Å²) in [5.41, 5.74) is 4.87. The molecule has 0 aliphatic heterocycles. The van der Waals surface area contributed by atoms with Gasteiger partial charge < -0.3 is 10.4 Å². The van der Waals surface area contributed by atoms with Crippen LogP contribution in [0.25, 0.3) is 6.08 Å². The van der Waals surface area contributed by atoms with Crippen molar-refractivity contribution >= 4 is 6.08 Å². The maximum absolute atomic E-state index is 10.7. The SMILES string of the molecule is CCCCCCCCc1ccccc1/C=C1\CCC2C(C)C(O)CC[C@]2(C)C1NC1CCCCC1. The van der Waals surface area contributed by atoms with Gasteiger partial charge >= 0.3 is 0 Å². The summed E-state index contributed by atoms with van der Waals surface area (Å²) in [6.07, 6.45) is 23.1. The number of nitrogens with one attached hydrogen (secondary N) is 1. The zero-order chi connectivity index (χ0) is 24.7. The molecular formula is C33H53NO. The van der Waals surface area contributed by atoms with Crippen molar-refractivity contribution < 1.29 is 5.11 Å². The first-order valence-electron chi connectivity index (χ1n) is 15.3. The number of fused-ring (bicyclic) bond motifs is 1. The van der Waals surface area contributed by atoms with Gasteiger partial charge in [-0.3, -0.25) is 0 Å². The van der Waals surface area contributed by atoms with Crippen LogP contribution in [-0.4, -0.2) is 23.3 Å². The molecule has 0 spiro atoms. The van der Waals surface area contributed by atoms with Crippen LogP contribution in [0.5, 0.6) is 0 Å². The zero-order valence-electron chi connectivity index (χ0n) is 23.0. The molecule has 2 heteroatoms. The third-order valence-electron chi connectivity index (χ3n) is 10.0. The normalized spacial score (nSPS) is 33.1. The molecule has 0 heterocycles. The third-order valence-corrected chi connectivity index (χ3v) is 10.0. The lowest BCUT2D eigenvalue weighted by Gasteiger charge is -2.56. The van der Waals surface area contributed by atoms with E-state index in [0.29, 0.717) is 23.9 Å². The van der Waals surface area contributed by atoms with Gasteiger partial charge in [0.1, 0.15) is 0 Å². The molecule has 1 aromatic carbocycles. The van der Waals surface area contributed by atoms with Crippen LogP contribution in [0.3, 0.4) is 0 Å². The number of aryl methyl sites for hydroxylation is 1. The Bertz CT molecular complexity index is 809. The average Bonchev–Trinajstić information content (AvgIpc) is 2.87. The second-order valence-corrected chi connectivity index (χ2v) is 12.5. The van der Waals surface area contributed by atoms with E-state index in [1.807, 2.05) is 0 Å². The van der Waals surface area contributed by atoms with E-state index in [1.165, 1.54) is 101 Å². The van der Waals surface area contributed by atoms with E-state index in [-0.39, 0.29) is 11.5 Å². The maximum atomic E-state index is 10.7. The van der Waals surface area contributed by atoms with Crippen molar-refractivity contribution in [2.75, 3.05) is 0 Å². The maximum Gasteiger partial charge on any atom is 0.0568 e. The lowest BCUT2D eigenvalue weighted by molar-refractivity contribution is -0.0609. The molecule has 4 unspecified atom stereocenters. The Morgan fingerprint density at radius 3 is 2.51 bits per heavy atom. The van der Waals surface area contributed by atoms with E-state index in [2.05, 4.69) is 56.4 Å². The Kier molecular flexibility index (Phi) is 9.93. The Labute approximate surface area is 216 Å². The van der Waals surface area contributed by atoms with Crippen LogP contribution in [-0.2, 0) is 6.42 Å². The van der Waals surface area contributed by atoms with E-state index >= 15 is 0 Å². The van der Waals surface area contributed by atoms with Crippen LogP contribution >= 0.6 is 0 Å². The number of hydrogen-bond acceptors (Lipinski definition) is 2. The number of aliphatic hydroxyl groups is 1. The lowest BCUT2D eigenvalue weighted by atomic mass is 9.53. The van der Waals surface area contributed by atoms with E-state index < -0.39 is 0 Å². The van der Waals surface area contributed by atoms with Crippen LogP contribution in [0.4, 0.5) is 0 Å². The molecule has 5 atom stereocenters. The summed E-state index contributed by atoms with van der Waals surface area (Å²) in [6, 6.07) is 10.3. The van der Waals surface area contributed by atoms with Gasteiger partial charge in [0, 0.05) is 12.1 Å². The van der Waals surface area contributed by atoms with Gasteiger partial charge in [0.25, 0.3) is 0 Å². The molecule has 2 nitrogen and oxygen atoms in total. The molecule has 0 bridgehead atoms. The van der Waals surface area contributed by atoms with E-state index in [1.54, 1.807) is 5.57 Å². The summed E-state index contributed by atoms with van der Waals surface area (Å²) in [5.74, 6) is 1.02. The minimum absolute atomic E-state index is 0.119. The number of rotatable bonds is 10. The number of unbranched alkanes of at least 4 members (excludes halogenated alkanes) is 5. The number of hydrogen-bond donors (Lipinski definition) is 2. The highest BCUT2D eigenvalue weighted by atomic mass is 16.3. The first kappa shape index (κ1) is 26.9. The van der Waals surface area contributed by atoms with Crippen molar-refractivity contribution in [1.82, 2.24) is 5.32 Å². The van der Waals surface area contributed by atoms with Crippen LogP contribution in [0.15, 0.2) is 29.8 Å². The summed E-state index contributed by atoms with van der Waals surface area (Å²) >= 11 is 0. The molecule has 4 rings (SSSR count). The van der Waals surface area contributed by atoms with Crippen molar-refractivity contribution in [2.45, 2.75) is 142 Å².